The number of carbonyl (C=O) groups is 1. The Morgan fingerprint density at radius 3 is 2.52 bits per heavy atom. The molecule has 128 valence electrons. The predicted octanol–water partition coefficient (Wildman–Crippen LogP) is 5.03. The lowest BCUT2D eigenvalue weighted by Crippen LogP contribution is -2.14. The van der Waals surface area contributed by atoms with Crippen LogP contribution in [0.5, 0.6) is 0 Å². The van der Waals surface area contributed by atoms with Crippen LogP contribution in [0, 0.1) is 24.7 Å². The quantitative estimate of drug-likeness (QED) is 0.637. The van der Waals surface area contributed by atoms with Crippen LogP contribution in [0.25, 0.3) is 5.69 Å². The molecular weight excluding hydrogens is 350 g/mol. The first-order valence-corrected chi connectivity index (χ1v) is 9.07. The van der Waals surface area contributed by atoms with E-state index in [-0.39, 0.29) is 5.91 Å². The zero-order chi connectivity index (χ0) is 18.1. The number of nitrogens with zero attached hydrogens (tertiary/aromatic N) is 1. The number of amides is 1. The van der Waals surface area contributed by atoms with Gasteiger partial charge in [-0.15, -0.1) is 0 Å². The second kappa shape index (κ2) is 6.82. The summed E-state index contributed by atoms with van der Waals surface area (Å²) < 4.78 is 2.32. The van der Waals surface area contributed by atoms with E-state index in [2.05, 4.69) is 11.4 Å². The Morgan fingerprint density at radius 2 is 1.84 bits per heavy atom. The summed E-state index contributed by atoms with van der Waals surface area (Å²) in [6, 6.07) is 13.7. The fourth-order valence-corrected chi connectivity index (χ4v) is 3.97. The summed E-state index contributed by atoms with van der Waals surface area (Å²) in [5.41, 5.74) is 11.2. The molecule has 0 fully saturated rings. The number of nitrogen functional groups attached to an aromatic ring is 1. The van der Waals surface area contributed by atoms with Crippen LogP contribution in [0.2, 0.25) is 0 Å². The van der Waals surface area contributed by atoms with Crippen molar-refractivity contribution in [1.82, 2.24) is 4.57 Å². The molecule has 1 amide bonds. The van der Waals surface area contributed by atoms with Crippen molar-refractivity contribution in [3.8, 4) is 5.69 Å². The third-order valence-electron chi connectivity index (χ3n) is 4.04. The molecule has 0 unspecified atom stereocenters. The number of benzene rings is 2. The van der Waals surface area contributed by atoms with Gasteiger partial charge in [0.05, 0.1) is 5.69 Å². The summed E-state index contributed by atoms with van der Waals surface area (Å²) in [6.07, 6.45) is 0. The molecule has 0 saturated heterocycles. The third-order valence-corrected chi connectivity index (χ3v) is 5.43. The molecular formula is C19H19N3OS2. The second-order valence-corrected chi connectivity index (χ2v) is 7.62. The molecule has 1 heterocycles. The fourth-order valence-electron chi connectivity index (χ4n) is 2.72. The fraction of sp³-hybridized carbons (Fsp3) is 0.158. The number of thiazole rings is 1. The van der Waals surface area contributed by atoms with Crippen LogP contribution in [-0.2, 0) is 0 Å². The van der Waals surface area contributed by atoms with E-state index in [0.29, 0.717) is 14.6 Å². The number of hydrogen-bond acceptors (Lipinski definition) is 4. The highest BCUT2D eigenvalue weighted by Crippen LogP contribution is 2.29. The van der Waals surface area contributed by atoms with Gasteiger partial charge in [-0.1, -0.05) is 47.2 Å². The summed E-state index contributed by atoms with van der Waals surface area (Å²) in [5, 5.41) is 2.91. The Morgan fingerprint density at radius 1 is 1.12 bits per heavy atom. The van der Waals surface area contributed by atoms with E-state index in [9.17, 15) is 4.79 Å². The number of nitrogens with one attached hydrogen (secondary N) is 1. The summed E-state index contributed by atoms with van der Waals surface area (Å²) in [7, 11) is 0. The predicted molar refractivity (Wildman–Crippen MR) is 107 cm³/mol. The molecule has 6 heteroatoms. The number of aryl methyl sites for hydroxylation is 3. The molecule has 4 nitrogen and oxygen atoms in total. The molecule has 0 aliphatic rings. The molecule has 0 saturated carbocycles. The molecule has 25 heavy (non-hydrogen) atoms. The van der Waals surface area contributed by atoms with Gasteiger partial charge in [0.15, 0.2) is 3.95 Å². The van der Waals surface area contributed by atoms with Crippen molar-refractivity contribution >= 4 is 41.0 Å². The van der Waals surface area contributed by atoms with E-state index < -0.39 is 0 Å². The number of carbonyl (C=O) groups excluding carboxylic acids is 1. The standard InChI is InChI=1S/C19H19N3OS2/c1-11-8-9-15(13(3)10-11)22-17(20)16(25-19(22)24)18(23)21-14-7-5-4-6-12(14)2/h4-10H,20H2,1-3H3,(H,21,23). The van der Waals surface area contributed by atoms with Gasteiger partial charge in [0, 0.05) is 5.69 Å². The van der Waals surface area contributed by atoms with E-state index in [1.807, 2.05) is 57.2 Å². The molecule has 0 radical (unpaired) electrons. The van der Waals surface area contributed by atoms with Crippen LogP contribution in [0.4, 0.5) is 11.5 Å². The highest BCUT2D eigenvalue weighted by atomic mass is 32.1. The van der Waals surface area contributed by atoms with Crippen LogP contribution in [0.1, 0.15) is 26.4 Å². The van der Waals surface area contributed by atoms with Crippen molar-refractivity contribution in [2.45, 2.75) is 20.8 Å². The lowest BCUT2D eigenvalue weighted by Gasteiger charge is -2.11. The Hall–Kier alpha value is -2.44. The number of hydrogen-bond donors (Lipinski definition) is 2. The Balaban J connectivity index is 2.01. The summed E-state index contributed by atoms with van der Waals surface area (Å²) in [6.45, 7) is 5.99. The van der Waals surface area contributed by atoms with Gasteiger partial charge < -0.3 is 11.1 Å². The van der Waals surface area contributed by atoms with Gasteiger partial charge in [-0.2, -0.15) is 0 Å². The highest BCUT2D eigenvalue weighted by Gasteiger charge is 2.19. The van der Waals surface area contributed by atoms with Crippen LogP contribution in [0.3, 0.4) is 0 Å². The first kappa shape index (κ1) is 17.4. The molecule has 2 aromatic carbocycles. The summed E-state index contributed by atoms with van der Waals surface area (Å²) in [5.74, 6) is 0.124. The monoisotopic (exact) mass is 369 g/mol. The van der Waals surface area contributed by atoms with E-state index in [0.717, 1.165) is 22.5 Å². The molecule has 0 atom stereocenters. The van der Waals surface area contributed by atoms with Crippen molar-refractivity contribution < 1.29 is 4.79 Å². The Labute approximate surface area is 155 Å². The summed E-state index contributed by atoms with van der Waals surface area (Å²) in [4.78, 5) is 13.1. The van der Waals surface area contributed by atoms with Crippen LogP contribution >= 0.6 is 23.6 Å². The molecule has 0 aliphatic heterocycles. The Kier molecular flexibility index (Phi) is 4.74. The van der Waals surface area contributed by atoms with Gasteiger partial charge in [-0.3, -0.25) is 9.36 Å². The van der Waals surface area contributed by atoms with E-state index in [1.54, 1.807) is 4.57 Å². The maximum atomic E-state index is 12.7. The smallest absolute Gasteiger partial charge is 0.269 e. The Bertz CT molecular complexity index is 1020. The van der Waals surface area contributed by atoms with Crippen LogP contribution < -0.4 is 11.1 Å². The van der Waals surface area contributed by atoms with E-state index in [1.165, 1.54) is 16.9 Å². The maximum Gasteiger partial charge on any atom is 0.269 e. The second-order valence-electron chi connectivity index (χ2n) is 5.98. The maximum absolute atomic E-state index is 12.7. The van der Waals surface area contributed by atoms with E-state index in [4.69, 9.17) is 18.0 Å². The zero-order valence-corrected chi connectivity index (χ0v) is 15.9. The normalized spacial score (nSPS) is 10.7. The average Bonchev–Trinajstić information content (AvgIpc) is 2.85. The van der Waals surface area contributed by atoms with E-state index >= 15 is 0 Å². The largest absolute Gasteiger partial charge is 0.383 e. The first-order valence-electron chi connectivity index (χ1n) is 7.84. The van der Waals surface area contributed by atoms with Gasteiger partial charge in [0.2, 0.25) is 0 Å². The number of anilines is 2. The minimum Gasteiger partial charge on any atom is -0.383 e. The molecule has 0 spiro atoms. The minimum absolute atomic E-state index is 0.244. The number of rotatable bonds is 3. The topological polar surface area (TPSA) is 60.0 Å². The molecule has 0 bridgehead atoms. The molecule has 1 aromatic heterocycles. The molecule has 3 rings (SSSR count). The van der Waals surface area contributed by atoms with Crippen molar-refractivity contribution in [1.29, 1.82) is 0 Å². The van der Waals surface area contributed by atoms with Crippen molar-refractivity contribution in [2.24, 2.45) is 0 Å². The van der Waals surface area contributed by atoms with Gasteiger partial charge in [0.25, 0.3) is 5.91 Å². The van der Waals surface area contributed by atoms with Gasteiger partial charge >= 0.3 is 0 Å². The lowest BCUT2D eigenvalue weighted by molar-refractivity contribution is 0.103. The number of nitrogens with two attached hydrogens (primary N) is 1. The lowest BCUT2D eigenvalue weighted by atomic mass is 10.1. The van der Waals surface area contributed by atoms with Gasteiger partial charge in [-0.05, 0) is 56.2 Å². The van der Waals surface area contributed by atoms with Crippen molar-refractivity contribution in [3.63, 3.8) is 0 Å². The summed E-state index contributed by atoms with van der Waals surface area (Å²) >= 11 is 6.69. The van der Waals surface area contributed by atoms with Gasteiger partial charge in [-0.25, -0.2) is 0 Å². The van der Waals surface area contributed by atoms with Crippen LogP contribution in [0.15, 0.2) is 42.5 Å². The zero-order valence-electron chi connectivity index (χ0n) is 14.3. The molecule has 3 aromatic rings. The minimum atomic E-state index is -0.244. The molecule has 0 aliphatic carbocycles. The van der Waals surface area contributed by atoms with Crippen molar-refractivity contribution in [2.75, 3.05) is 11.1 Å². The highest BCUT2D eigenvalue weighted by molar-refractivity contribution is 7.73. The van der Waals surface area contributed by atoms with Gasteiger partial charge in [0.1, 0.15) is 10.7 Å². The SMILES string of the molecule is Cc1ccc(-n2c(N)c(C(=O)Nc3ccccc3C)sc2=S)c(C)c1. The average molecular weight is 370 g/mol. The van der Waals surface area contributed by atoms with Crippen LogP contribution in [-0.4, -0.2) is 10.5 Å². The molecule has 3 N–H and O–H groups in total. The van der Waals surface area contributed by atoms with Crippen molar-refractivity contribution in [3.05, 3.63) is 68.0 Å². The number of para-hydroxylation sites is 1. The first-order chi connectivity index (χ1) is 11.9. The number of aromatic nitrogens is 1. The third kappa shape index (κ3) is 3.36.